The van der Waals surface area contributed by atoms with Gasteiger partial charge in [0, 0.05) is 23.7 Å². The smallest absolute Gasteiger partial charge is 0.314 e. The molecule has 156 valence electrons. The van der Waals surface area contributed by atoms with Crippen molar-refractivity contribution in [2.75, 3.05) is 19.7 Å². The van der Waals surface area contributed by atoms with Crippen molar-refractivity contribution in [3.8, 4) is 0 Å². The van der Waals surface area contributed by atoms with Gasteiger partial charge in [-0.25, -0.2) is 4.98 Å². The van der Waals surface area contributed by atoms with Crippen molar-refractivity contribution in [3.05, 3.63) is 64.9 Å². The number of esters is 1. The first-order valence-corrected chi connectivity index (χ1v) is 10.5. The summed E-state index contributed by atoms with van der Waals surface area (Å²) in [4.78, 5) is 35.3. The number of nitrogens with zero attached hydrogens (tertiary/aromatic N) is 2. The van der Waals surface area contributed by atoms with Crippen LogP contribution in [0.15, 0.2) is 48.8 Å². The number of aromatic nitrogens is 2. The minimum absolute atomic E-state index is 0.0917. The number of fused-ring (bicyclic) bond motifs is 1. The van der Waals surface area contributed by atoms with Crippen LogP contribution in [0.5, 0.6) is 0 Å². The predicted molar refractivity (Wildman–Crippen MR) is 115 cm³/mol. The lowest BCUT2D eigenvalue weighted by atomic mass is 9.75. The Hall–Kier alpha value is -2.86. The van der Waals surface area contributed by atoms with Crippen LogP contribution < -0.4 is 0 Å². The number of halogens is 1. The highest BCUT2D eigenvalue weighted by molar-refractivity contribution is 6.30. The van der Waals surface area contributed by atoms with Crippen LogP contribution in [-0.2, 0) is 16.0 Å². The molecule has 1 aliphatic rings. The number of imidazole rings is 1. The van der Waals surface area contributed by atoms with Gasteiger partial charge < -0.3 is 14.6 Å². The second-order valence-corrected chi connectivity index (χ2v) is 8.21. The highest BCUT2D eigenvalue weighted by atomic mass is 35.5. The summed E-state index contributed by atoms with van der Waals surface area (Å²) >= 11 is 6.16. The zero-order valence-electron chi connectivity index (χ0n) is 16.9. The Morgan fingerprint density at radius 2 is 2.13 bits per heavy atom. The molecule has 3 aromatic rings. The van der Waals surface area contributed by atoms with E-state index in [0.717, 1.165) is 23.0 Å². The van der Waals surface area contributed by atoms with E-state index >= 15 is 0 Å². The normalized spacial score (nSPS) is 19.1. The number of nitrogens with one attached hydrogen (secondary N) is 1. The van der Waals surface area contributed by atoms with E-state index in [0.29, 0.717) is 43.1 Å². The first-order chi connectivity index (χ1) is 14.5. The molecule has 1 fully saturated rings. The highest BCUT2D eigenvalue weighted by Crippen LogP contribution is 2.36. The van der Waals surface area contributed by atoms with Crippen LogP contribution in [-0.4, -0.2) is 46.4 Å². The number of hydrogen-bond acceptors (Lipinski definition) is 4. The van der Waals surface area contributed by atoms with Gasteiger partial charge in [-0.2, -0.15) is 0 Å². The fourth-order valence-electron chi connectivity index (χ4n) is 4.26. The molecular formula is C23H24ClN3O3. The van der Waals surface area contributed by atoms with E-state index in [1.807, 2.05) is 36.4 Å². The van der Waals surface area contributed by atoms with Crippen molar-refractivity contribution in [3.63, 3.8) is 0 Å². The third-order valence-corrected chi connectivity index (χ3v) is 5.91. The number of rotatable bonds is 5. The summed E-state index contributed by atoms with van der Waals surface area (Å²) in [5.74, 6) is -0.350. The molecule has 2 heterocycles. The maximum absolute atomic E-state index is 13.3. The van der Waals surface area contributed by atoms with Gasteiger partial charge in [0.25, 0.3) is 5.91 Å². The second kappa shape index (κ2) is 8.48. The highest BCUT2D eigenvalue weighted by Gasteiger charge is 2.45. The maximum Gasteiger partial charge on any atom is 0.314 e. The number of piperidine rings is 1. The molecule has 0 bridgehead atoms. The molecule has 1 saturated heterocycles. The number of hydrogen-bond donors (Lipinski definition) is 1. The van der Waals surface area contributed by atoms with Crippen molar-refractivity contribution in [1.29, 1.82) is 0 Å². The van der Waals surface area contributed by atoms with Crippen LogP contribution in [0.2, 0.25) is 5.02 Å². The zero-order chi connectivity index (χ0) is 21.1. The maximum atomic E-state index is 13.3. The van der Waals surface area contributed by atoms with Gasteiger partial charge >= 0.3 is 5.97 Å². The Balaban J connectivity index is 1.62. The third kappa shape index (κ3) is 4.05. The van der Waals surface area contributed by atoms with E-state index in [4.69, 9.17) is 16.3 Å². The molecule has 6 nitrogen and oxygen atoms in total. The van der Waals surface area contributed by atoms with Crippen molar-refractivity contribution in [2.24, 2.45) is 5.41 Å². The van der Waals surface area contributed by atoms with Crippen molar-refractivity contribution in [2.45, 2.75) is 26.2 Å². The van der Waals surface area contributed by atoms with E-state index < -0.39 is 5.41 Å². The topological polar surface area (TPSA) is 75.3 Å². The first-order valence-electron chi connectivity index (χ1n) is 10.1. The van der Waals surface area contributed by atoms with Crippen molar-refractivity contribution < 1.29 is 14.3 Å². The number of likely N-dealkylation sites (tertiary alicyclic amines) is 1. The number of carbonyl (C=O) groups excluding carboxylic acids is 2. The fourth-order valence-corrected chi connectivity index (χ4v) is 4.47. The van der Waals surface area contributed by atoms with Gasteiger partial charge in [0.1, 0.15) is 0 Å². The molecular weight excluding hydrogens is 402 g/mol. The van der Waals surface area contributed by atoms with Crippen LogP contribution >= 0.6 is 11.6 Å². The van der Waals surface area contributed by atoms with Crippen LogP contribution in [0.4, 0.5) is 0 Å². The summed E-state index contributed by atoms with van der Waals surface area (Å²) in [5.41, 5.74) is 2.38. The molecule has 1 aliphatic heterocycles. The molecule has 7 heteroatoms. The molecule has 1 amide bonds. The zero-order valence-corrected chi connectivity index (χ0v) is 17.6. The summed E-state index contributed by atoms with van der Waals surface area (Å²) in [6.45, 7) is 3.03. The van der Waals surface area contributed by atoms with Crippen molar-refractivity contribution >= 4 is 34.5 Å². The molecule has 1 unspecified atom stereocenters. The largest absolute Gasteiger partial charge is 0.466 e. The van der Waals surface area contributed by atoms with Gasteiger partial charge in [0.15, 0.2) is 0 Å². The summed E-state index contributed by atoms with van der Waals surface area (Å²) in [5, 5.41) is 0.628. The van der Waals surface area contributed by atoms with Gasteiger partial charge in [-0.3, -0.25) is 9.59 Å². The number of ether oxygens (including phenoxy) is 1. The summed E-state index contributed by atoms with van der Waals surface area (Å²) in [7, 11) is 0. The Morgan fingerprint density at radius 1 is 1.27 bits per heavy atom. The van der Waals surface area contributed by atoms with E-state index in [9.17, 15) is 9.59 Å². The van der Waals surface area contributed by atoms with Gasteiger partial charge in [-0.1, -0.05) is 23.7 Å². The minimum Gasteiger partial charge on any atom is -0.466 e. The minimum atomic E-state index is -0.785. The van der Waals surface area contributed by atoms with Crippen LogP contribution in [0.25, 0.3) is 11.0 Å². The molecule has 0 spiro atoms. The Bertz CT molecular complexity index is 1080. The standard InChI is InChI=1S/C23H24ClN3O3/c1-2-30-22(29)23(13-16-5-3-6-18(24)11-16)9-4-10-27(14-23)21(28)17-7-8-19-20(12-17)26-15-25-19/h3,5-8,11-12,15H,2,4,9-10,13-14H2,1H3,(H,25,26). The number of H-pyrrole nitrogens is 1. The second-order valence-electron chi connectivity index (χ2n) is 7.77. The summed E-state index contributed by atoms with van der Waals surface area (Å²) < 4.78 is 5.45. The fraction of sp³-hybridized carbons (Fsp3) is 0.348. The van der Waals surface area contributed by atoms with Gasteiger partial charge in [-0.05, 0) is 62.1 Å². The average molecular weight is 426 g/mol. The third-order valence-electron chi connectivity index (χ3n) is 5.67. The molecule has 0 aliphatic carbocycles. The number of carbonyl (C=O) groups is 2. The molecule has 1 aromatic heterocycles. The van der Waals surface area contributed by atoms with E-state index in [1.165, 1.54) is 0 Å². The molecule has 2 aromatic carbocycles. The lowest BCUT2D eigenvalue weighted by molar-refractivity contribution is -0.158. The van der Waals surface area contributed by atoms with E-state index in [1.54, 1.807) is 24.2 Å². The van der Waals surface area contributed by atoms with Gasteiger partial charge in [-0.15, -0.1) is 0 Å². The Labute approximate surface area is 180 Å². The molecule has 1 N–H and O–H groups in total. The monoisotopic (exact) mass is 425 g/mol. The SMILES string of the molecule is CCOC(=O)C1(Cc2cccc(Cl)c2)CCCN(C(=O)c2ccc3nc[nH]c3c2)C1. The number of amides is 1. The van der Waals surface area contributed by atoms with E-state index in [2.05, 4.69) is 9.97 Å². The van der Waals surface area contributed by atoms with Gasteiger partial charge in [0.2, 0.25) is 0 Å². The first kappa shape index (κ1) is 20.4. The van der Waals surface area contributed by atoms with Crippen LogP contribution in [0.3, 0.4) is 0 Å². The Kier molecular flexibility index (Phi) is 5.77. The lowest BCUT2D eigenvalue weighted by Crippen LogP contribution is -2.51. The van der Waals surface area contributed by atoms with Crippen LogP contribution in [0.1, 0.15) is 35.7 Å². The predicted octanol–water partition coefficient (Wildman–Crippen LogP) is 4.24. The quantitative estimate of drug-likeness (QED) is 0.620. The molecule has 4 rings (SSSR count). The number of aromatic amines is 1. The van der Waals surface area contributed by atoms with Crippen LogP contribution in [0, 0.1) is 5.41 Å². The molecule has 0 radical (unpaired) electrons. The van der Waals surface area contributed by atoms with E-state index in [-0.39, 0.29) is 11.9 Å². The summed E-state index contributed by atoms with van der Waals surface area (Å²) in [6, 6.07) is 12.9. The number of benzene rings is 2. The molecule has 0 saturated carbocycles. The molecule has 30 heavy (non-hydrogen) atoms. The van der Waals surface area contributed by atoms with Gasteiger partial charge in [0.05, 0.1) is 29.4 Å². The molecule has 1 atom stereocenters. The Morgan fingerprint density at radius 3 is 2.93 bits per heavy atom. The average Bonchev–Trinajstić information content (AvgIpc) is 3.21. The summed E-state index contributed by atoms with van der Waals surface area (Å²) in [6.07, 6.45) is 3.49. The lowest BCUT2D eigenvalue weighted by Gasteiger charge is -2.41. The van der Waals surface area contributed by atoms with Crippen molar-refractivity contribution in [1.82, 2.24) is 14.9 Å².